The zero-order chi connectivity index (χ0) is 13.9. The van der Waals surface area contributed by atoms with Crippen LogP contribution >= 0.6 is 0 Å². The minimum atomic E-state index is 0.116. The maximum atomic E-state index is 11.8. The van der Waals surface area contributed by atoms with Crippen molar-refractivity contribution in [3.63, 3.8) is 0 Å². The SMILES string of the molecule is CCCNc1cc(N2CCCC3C(=O)NCC32)ncn1. The number of hydrogen-bond donors (Lipinski definition) is 2. The number of piperidine rings is 1. The first-order chi connectivity index (χ1) is 9.79. The molecule has 1 aromatic rings. The van der Waals surface area contributed by atoms with Gasteiger partial charge in [-0.1, -0.05) is 6.92 Å². The van der Waals surface area contributed by atoms with Crippen molar-refractivity contribution in [1.82, 2.24) is 15.3 Å². The van der Waals surface area contributed by atoms with Crippen molar-refractivity contribution >= 4 is 17.5 Å². The Morgan fingerprint density at radius 1 is 1.50 bits per heavy atom. The van der Waals surface area contributed by atoms with Crippen LogP contribution in [-0.2, 0) is 4.79 Å². The smallest absolute Gasteiger partial charge is 0.225 e. The molecule has 3 heterocycles. The Hall–Kier alpha value is -1.85. The summed E-state index contributed by atoms with van der Waals surface area (Å²) in [5, 5.41) is 6.25. The van der Waals surface area contributed by atoms with Crippen molar-refractivity contribution in [3.8, 4) is 0 Å². The maximum Gasteiger partial charge on any atom is 0.225 e. The van der Waals surface area contributed by atoms with Crippen molar-refractivity contribution in [2.75, 3.05) is 29.9 Å². The molecule has 2 saturated heterocycles. The number of anilines is 2. The molecule has 6 nitrogen and oxygen atoms in total. The fourth-order valence-corrected chi connectivity index (χ4v) is 3.09. The fourth-order valence-electron chi connectivity index (χ4n) is 3.09. The third kappa shape index (κ3) is 2.42. The average molecular weight is 275 g/mol. The fraction of sp³-hybridized carbons (Fsp3) is 0.643. The van der Waals surface area contributed by atoms with E-state index in [-0.39, 0.29) is 17.9 Å². The van der Waals surface area contributed by atoms with E-state index >= 15 is 0 Å². The first-order valence-corrected chi connectivity index (χ1v) is 7.40. The van der Waals surface area contributed by atoms with Crippen LogP contribution in [-0.4, -0.2) is 41.6 Å². The van der Waals surface area contributed by atoms with Gasteiger partial charge in [0, 0.05) is 25.7 Å². The summed E-state index contributed by atoms with van der Waals surface area (Å²) in [5.41, 5.74) is 0. The number of aromatic nitrogens is 2. The summed E-state index contributed by atoms with van der Waals surface area (Å²) in [6.45, 7) is 4.72. The molecule has 1 aromatic heterocycles. The molecule has 6 heteroatoms. The third-order valence-corrected chi connectivity index (χ3v) is 4.10. The molecule has 20 heavy (non-hydrogen) atoms. The second kappa shape index (κ2) is 5.64. The summed E-state index contributed by atoms with van der Waals surface area (Å²) in [5.74, 6) is 2.09. The topological polar surface area (TPSA) is 70.2 Å². The predicted octanol–water partition coefficient (Wildman–Crippen LogP) is 1.01. The number of carbonyl (C=O) groups is 1. The number of rotatable bonds is 4. The zero-order valence-corrected chi connectivity index (χ0v) is 11.8. The molecular weight excluding hydrogens is 254 g/mol. The molecule has 0 bridgehead atoms. The molecule has 2 unspecified atom stereocenters. The lowest BCUT2D eigenvalue weighted by molar-refractivity contribution is -0.122. The van der Waals surface area contributed by atoms with Gasteiger partial charge in [-0.05, 0) is 19.3 Å². The van der Waals surface area contributed by atoms with E-state index in [1.54, 1.807) is 6.33 Å². The third-order valence-electron chi connectivity index (χ3n) is 4.10. The van der Waals surface area contributed by atoms with Gasteiger partial charge in [-0.3, -0.25) is 4.79 Å². The molecule has 2 fully saturated rings. The number of hydrogen-bond acceptors (Lipinski definition) is 5. The minimum absolute atomic E-state index is 0.116. The van der Waals surface area contributed by atoms with E-state index in [0.29, 0.717) is 0 Å². The van der Waals surface area contributed by atoms with Crippen LogP contribution in [0.3, 0.4) is 0 Å². The number of fused-ring (bicyclic) bond motifs is 1. The molecular formula is C14H21N5O. The van der Waals surface area contributed by atoms with Crippen LogP contribution in [0.4, 0.5) is 11.6 Å². The van der Waals surface area contributed by atoms with Gasteiger partial charge in [0.25, 0.3) is 0 Å². The first kappa shape index (κ1) is 13.1. The summed E-state index contributed by atoms with van der Waals surface area (Å²) in [6, 6.07) is 2.23. The normalized spacial score (nSPS) is 25.2. The first-order valence-electron chi connectivity index (χ1n) is 7.40. The summed E-state index contributed by atoms with van der Waals surface area (Å²) >= 11 is 0. The van der Waals surface area contributed by atoms with E-state index in [1.165, 1.54) is 0 Å². The van der Waals surface area contributed by atoms with Crippen molar-refractivity contribution in [2.45, 2.75) is 32.2 Å². The molecule has 0 aliphatic carbocycles. The molecule has 0 radical (unpaired) electrons. The largest absolute Gasteiger partial charge is 0.370 e. The monoisotopic (exact) mass is 275 g/mol. The highest BCUT2D eigenvalue weighted by molar-refractivity contribution is 5.83. The summed E-state index contributed by atoms with van der Waals surface area (Å²) in [4.78, 5) is 22.7. The quantitative estimate of drug-likeness (QED) is 0.858. The molecule has 2 aliphatic heterocycles. The number of carbonyl (C=O) groups excluding carboxylic acids is 1. The van der Waals surface area contributed by atoms with E-state index in [0.717, 1.165) is 50.5 Å². The van der Waals surface area contributed by atoms with Crippen LogP contribution in [0.15, 0.2) is 12.4 Å². The average Bonchev–Trinajstić information content (AvgIpc) is 2.87. The zero-order valence-electron chi connectivity index (χ0n) is 11.8. The molecule has 3 rings (SSSR count). The van der Waals surface area contributed by atoms with Gasteiger partial charge in [0.15, 0.2) is 0 Å². The second-order valence-electron chi connectivity index (χ2n) is 5.44. The Kier molecular flexibility index (Phi) is 3.71. The van der Waals surface area contributed by atoms with E-state index in [4.69, 9.17) is 0 Å². The molecule has 1 amide bonds. The summed E-state index contributed by atoms with van der Waals surface area (Å²) < 4.78 is 0. The lowest BCUT2D eigenvalue weighted by Crippen LogP contribution is -2.46. The van der Waals surface area contributed by atoms with Crippen molar-refractivity contribution < 1.29 is 4.79 Å². The summed E-state index contributed by atoms with van der Waals surface area (Å²) in [7, 11) is 0. The van der Waals surface area contributed by atoms with E-state index in [1.807, 2.05) is 6.07 Å². The molecule has 2 aliphatic rings. The van der Waals surface area contributed by atoms with Crippen molar-refractivity contribution in [2.24, 2.45) is 5.92 Å². The Balaban J connectivity index is 1.79. The lowest BCUT2D eigenvalue weighted by Gasteiger charge is -2.36. The van der Waals surface area contributed by atoms with Gasteiger partial charge in [0.1, 0.15) is 18.0 Å². The van der Waals surface area contributed by atoms with Gasteiger partial charge in [-0.15, -0.1) is 0 Å². The Labute approximate surface area is 119 Å². The Bertz CT molecular complexity index is 492. The van der Waals surface area contributed by atoms with Crippen LogP contribution in [0.1, 0.15) is 26.2 Å². The lowest BCUT2D eigenvalue weighted by atomic mass is 9.91. The van der Waals surface area contributed by atoms with Crippen LogP contribution in [0.25, 0.3) is 0 Å². The molecule has 0 aromatic carbocycles. The number of nitrogens with zero attached hydrogens (tertiary/aromatic N) is 3. The molecule has 0 saturated carbocycles. The van der Waals surface area contributed by atoms with E-state index < -0.39 is 0 Å². The van der Waals surface area contributed by atoms with Gasteiger partial charge in [0.05, 0.1) is 12.0 Å². The predicted molar refractivity (Wildman–Crippen MR) is 77.7 cm³/mol. The van der Waals surface area contributed by atoms with Gasteiger partial charge < -0.3 is 15.5 Å². The van der Waals surface area contributed by atoms with Gasteiger partial charge >= 0.3 is 0 Å². The highest BCUT2D eigenvalue weighted by atomic mass is 16.2. The van der Waals surface area contributed by atoms with Crippen LogP contribution < -0.4 is 15.5 Å². The van der Waals surface area contributed by atoms with Gasteiger partial charge in [0.2, 0.25) is 5.91 Å². The molecule has 2 atom stereocenters. The van der Waals surface area contributed by atoms with Crippen molar-refractivity contribution in [3.05, 3.63) is 12.4 Å². The number of nitrogens with one attached hydrogen (secondary N) is 2. The molecule has 2 N–H and O–H groups in total. The highest BCUT2D eigenvalue weighted by Crippen LogP contribution is 2.30. The van der Waals surface area contributed by atoms with Gasteiger partial charge in [-0.2, -0.15) is 0 Å². The molecule has 0 spiro atoms. The second-order valence-corrected chi connectivity index (χ2v) is 5.44. The Morgan fingerprint density at radius 2 is 2.40 bits per heavy atom. The standard InChI is InChI=1S/C14H21N5O/c1-2-5-15-12-7-13(18-9-17-12)19-6-3-4-10-11(19)8-16-14(10)20/h7,9-11H,2-6,8H2,1H3,(H,16,20)(H,15,17,18). The van der Waals surface area contributed by atoms with Crippen molar-refractivity contribution in [1.29, 1.82) is 0 Å². The highest BCUT2D eigenvalue weighted by Gasteiger charge is 2.41. The maximum absolute atomic E-state index is 11.8. The number of amides is 1. The molecule has 108 valence electrons. The van der Waals surface area contributed by atoms with Crippen LogP contribution in [0.5, 0.6) is 0 Å². The Morgan fingerprint density at radius 3 is 3.25 bits per heavy atom. The summed E-state index contributed by atoms with van der Waals surface area (Å²) in [6.07, 6.45) is 4.68. The minimum Gasteiger partial charge on any atom is -0.370 e. The van der Waals surface area contributed by atoms with Crippen LogP contribution in [0, 0.1) is 5.92 Å². The van der Waals surface area contributed by atoms with Crippen LogP contribution in [0.2, 0.25) is 0 Å². The van der Waals surface area contributed by atoms with E-state index in [2.05, 4.69) is 32.4 Å². The van der Waals surface area contributed by atoms with Gasteiger partial charge in [-0.25, -0.2) is 9.97 Å². The van der Waals surface area contributed by atoms with E-state index in [9.17, 15) is 4.79 Å².